The number of nitrogens with zero attached hydrogens (tertiary/aromatic N) is 1. The van der Waals surface area contributed by atoms with Crippen molar-refractivity contribution in [2.45, 2.75) is 19.9 Å². The van der Waals surface area contributed by atoms with E-state index in [0.29, 0.717) is 0 Å². The maximum Gasteiger partial charge on any atom is 0.0801 e. The van der Waals surface area contributed by atoms with E-state index in [9.17, 15) is 0 Å². The molecule has 0 spiro atoms. The van der Waals surface area contributed by atoms with Crippen molar-refractivity contribution in [1.82, 2.24) is 4.90 Å². The second-order valence-corrected chi connectivity index (χ2v) is 4.33. The van der Waals surface area contributed by atoms with Crippen LogP contribution in [-0.4, -0.2) is 37.1 Å². The summed E-state index contributed by atoms with van der Waals surface area (Å²) in [6.07, 6.45) is 0. The fourth-order valence-electron chi connectivity index (χ4n) is 2.46. The maximum atomic E-state index is 2.63. The summed E-state index contributed by atoms with van der Waals surface area (Å²) in [6, 6.07) is 0.764. The van der Waals surface area contributed by atoms with Gasteiger partial charge in [-0.05, 0) is 13.8 Å². The number of likely N-dealkylation sites (tertiary alicyclic amines) is 1. The third kappa shape index (κ3) is 1.30. The van der Waals surface area contributed by atoms with Crippen molar-refractivity contribution in [2.75, 3.05) is 26.2 Å². The minimum atomic E-state index is 0.764. The predicted octanol–water partition coefficient (Wildman–Crippen LogP) is -0.480. The Hall–Kier alpha value is -0.0800. The van der Waals surface area contributed by atoms with Gasteiger partial charge in [0.1, 0.15) is 0 Å². The number of hydrogen-bond acceptors (Lipinski definition) is 1. The van der Waals surface area contributed by atoms with Crippen LogP contribution < -0.4 is 5.32 Å². The Labute approximate surface area is 69.0 Å². The SMILES string of the molecule is CC(C)N1C[C@H]2C[NH2+]C[C@H]2C1. The Balaban J connectivity index is 1.94. The van der Waals surface area contributed by atoms with Crippen molar-refractivity contribution in [3.63, 3.8) is 0 Å². The summed E-state index contributed by atoms with van der Waals surface area (Å²) in [5.41, 5.74) is 0. The van der Waals surface area contributed by atoms with Crippen LogP contribution in [0.3, 0.4) is 0 Å². The van der Waals surface area contributed by atoms with Gasteiger partial charge in [-0.1, -0.05) is 0 Å². The van der Waals surface area contributed by atoms with Crippen molar-refractivity contribution >= 4 is 0 Å². The Morgan fingerprint density at radius 3 is 2.18 bits per heavy atom. The summed E-state index contributed by atoms with van der Waals surface area (Å²) >= 11 is 0. The van der Waals surface area contributed by atoms with Gasteiger partial charge in [0.2, 0.25) is 0 Å². The molecule has 2 heteroatoms. The second kappa shape index (κ2) is 2.76. The first-order valence-corrected chi connectivity index (χ1v) is 4.83. The third-order valence-electron chi connectivity index (χ3n) is 3.27. The molecule has 2 aliphatic rings. The zero-order chi connectivity index (χ0) is 7.84. The van der Waals surface area contributed by atoms with Crippen LogP contribution in [0.15, 0.2) is 0 Å². The topological polar surface area (TPSA) is 19.9 Å². The van der Waals surface area contributed by atoms with Gasteiger partial charge in [-0.2, -0.15) is 0 Å². The van der Waals surface area contributed by atoms with Crippen LogP contribution in [0.4, 0.5) is 0 Å². The van der Waals surface area contributed by atoms with E-state index < -0.39 is 0 Å². The molecule has 2 atom stereocenters. The lowest BCUT2D eigenvalue weighted by molar-refractivity contribution is -0.640. The molecule has 2 fully saturated rings. The van der Waals surface area contributed by atoms with Crippen molar-refractivity contribution < 1.29 is 5.32 Å². The Bertz CT molecular complexity index is 132. The minimum absolute atomic E-state index is 0.764. The summed E-state index contributed by atoms with van der Waals surface area (Å²) in [5, 5.41) is 2.48. The number of rotatable bonds is 1. The van der Waals surface area contributed by atoms with Gasteiger partial charge in [-0.25, -0.2) is 0 Å². The molecule has 0 aromatic rings. The first kappa shape index (κ1) is 7.56. The van der Waals surface area contributed by atoms with Crippen molar-refractivity contribution in [3.05, 3.63) is 0 Å². The minimum Gasteiger partial charge on any atom is -0.346 e. The van der Waals surface area contributed by atoms with Crippen LogP contribution in [0.25, 0.3) is 0 Å². The second-order valence-electron chi connectivity index (χ2n) is 4.33. The van der Waals surface area contributed by atoms with Gasteiger partial charge in [0.25, 0.3) is 0 Å². The lowest BCUT2D eigenvalue weighted by Crippen LogP contribution is -2.82. The highest BCUT2D eigenvalue weighted by Gasteiger charge is 2.39. The average Bonchev–Trinajstić information content (AvgIpc) is 2.40. The number of fused-ring (bicyclic) bond motifs is 1. The Kier molecular flexibility index (Phi) is 1.90. The zero-order valence-corrected chi connectivity index (χ0v) is 7.59. The number of quaternary nitrogens is 1. The molecule has 2 heterocycles. The Morgan fingerprint density at radius 1 is 1.18 bits per heavy atom. The smallest absolute Gasteiger partial charge is 0.0801 e. The molecule has 11 heavy (non-hydrogen) atoms. The molecule has 0 bridgehead atoms. The van der Waals surface area contributed by atoms with Crippen LogP contribution in [0.5, 0.6) is 0 Å². The van der Waals surface area contributed by atoms with Gasteiger partial charge in [-0.15, -0.1) is 0 Å². The third-order valence-corrected chi connectivity index (χ3v) is 3.27. The van der Waals surface area contributed by atoms with Gasteiger partial charge >= 0.3 is 0 Å². The summed E-state index contributed by atoms with van der Waals surface area (Å²) in [7, 11) is 0. The average molecular weight is 155 g/mol. The highest BCUT2D eigenvalue weighted by molar-refractivity contribution is 4.86. The molecule has 0 aromatic heterocycles. The van der Waals surface area contributed by atoms with Crippen molar-refractivity contribution in [3.8, 4) is 0 Å². The van der Waals surface area contributed by atoms with Crippen molar-refractivity contribution in [2.24, 2.45) is 11.8 Å². The summed E-state index contributed by atoms with van der Waals surface area (Å²) in [5.74, 6) is 2.02. The molecule has 2 nitrogen and oxygen atoms in total. The van der Waals surface area contributed by atoms with Crippen LogP contribution in [0.2, 0.25) is 0 Å². The quantitative estimate of drug-likeness (QED) is 0.542. The fraction of sp³-hybridized carbons (Fsp3) is 1.00. The van der Waals surface area contributed by atoms with E-state index in [1.165, 1.54) is 26.2 Å². The molecule has 2 saturated heterocycles. The normalized spacial score (nSPS) is 38.5. The van der Waals surface area contributed by atoms with Crippen LogP contribution >= 0.6 is 0 Å². The van der Waals surface area contributed by atoms with E-state index in [0.717, 1.165) is 17.9 Å². The van der Waals surface area contributed by atoms with E-state index in [2.05, 4.69) is 24.1 Å². The number of nitrogens with two attached hydrogens (primary N) is 1. The first-order valence-electron chi connectivity index (χ1n) is 4.83. The highest BCUT2D eigenvalue weighted by atomic mass is 15.2. The standard InChI is InChI=1S/C9H18N2/c1-7(2)11-5-8-3-10-4-9(8)6-11/h7-10H,3-6H2,1-2H3/p+1/t8-,9+. The molecule has 2 N–H and O–H groups in total. The van der Waals surface area contributed by atoms with Gasteiger partial charge in [-0.3, -0.25) is 4.90 Å². The van der Waals surface area contributed by atoms with E-state index in [1.807, 2.05) is 0 Å². The zero-order valence-electron chi connectivity index (χ0n) is 7.59. The monoisotopic (exact) mass is 155 g/mol. The van der Waals surface area contributed by atoms with E-state index in [-0.39, 0.29) is 0 Å². The molecule has 0 saturated carbocycles. The van der Waals surface area contributed by atoms with Crippen LogP contribution in [0, 0.1) is 11.8 Å². The molecular formula is C9H19N2+. The van der Waals surface area contributed by atoms with E-state index in [1.54, 1.807) is 0 Å². The first-order chi connectivity index (χ1) is 5.27. The van der Waals surface area contributed by atoms with Gasteiger partial charge in [0.15, 0.2) is 0 Å². The number of hydrogen-bond donors (Lipinski definition) is 1. The Morgan fingerprint density at radius 2 is 1.73 bits per heavy atom. The van der Waals surface area contributed by atoms with Crippen LogP contribution in [-0.2, 0) is 0 Å². The molecule has 0 unspecified atom stereocenters. The van der Waals surface area contributed by atoms with Gasteiger partial charge in [0, 0.05) is 31.0 Å². The highest BCUT2D eigenvalue weighted by Crippen LogP contribution is 2.24. The molecule has 2 rings (SSSR count). The van der Waals surface area contributed by atoms with Crippen molar-refractivity contribution in [1.29, 1.82) is 0 Å². The maximum absolute atomic E-state index is 2.63. The predicted molar refractivity (Wildman–Crippen MR) is 45.3 cm³/mol. The summed E-state index contributed by atoms with van der Waals surface area (Å²) < 4.78 is 0. The molecule has 64 valence electrons. The molecule has 0 radical (unpaired) electrons. The fourth-order valence-corrected chi connectivity index (χ4v) is 2.46. The molecule has 2 aliphatic heterocycles. The van der Waals surface area contributed by atoms with Crippen LogP contribution in [0.1, 0.15) is 13.8 Å². The summed E-state index contributed by atoms with van der Waals surface area (Å²) in [4.78, 5) is 2.63. The lowest BCUT2D eigenvalue weighted by Gasteiger charge is -2.20. The summed E-state index contributed by atoms with van der Waals surface area (Å²) in [6.45, 7) is 10.1. The largest absolute Gasteiger partial charge is 0.346 e. The van der Waals surface area contributed by atoms with E-state index in [4.69, 9.17) is 0 Å². The molecule has 0 amide bonds. The van der Waals surface area contributed by atoms with Gasteiger partial charge in [0.05, 0.1) is 13.1 Å². The van der Waals surface area contributed by atoms with E-state index >= 15 is 0 Å². The van der Waals surface area contributed by atoms with Gasteiger partial charge < -0.3 is 5.32 Å². The molecular weight excluding hydrogens is 136 g/mol. The molecule has 0 aliphatic carbocycles. The lowest BCUT2D eigenvalue weighted by atomic mass is 10.0. The molecule has 0 aromatic carbocycles.